The number of nitrogens with zero attached hydrogens (tertiary/aromatic N) is 4. The molecule has 0 aliphatic carbocycles. The topological polar surface area (TPSA) is 91.9 Å². The van der Waals surface area contributed by atoms with Gasteiger partial charge in [0.2, 0.25) is 0 Å². The Morgan fingerprint density at radius 3 is 2.61 bits per heavy atom. The largest absolute Gasteiger partial charge is 0.491 e. The van der Waals surface area contributed by atoms with Gasteiger partial charge >= 0.3 is 5.97 Å². The first-order valence-corrected chi connectivity index (χ1v) is 12.7. The number of anilines is 2. The van der Waals surface area contributed by atoms with Crippen LogP contribution in [0.3, 0.4) is 0 Å². The van der Waals surface area contributed by atoms with Crippen molar-refractivity contribution in [1.29, 1.82) is 0 Å². The molecule has 38 heavy (non-hydrogen) atoms. The van der Waals surface area contributed by atoms with Gasteiger partial charge < -0.3 is 24.2 Å². The van der Waals surface area contributed by atoms with Gasteiger partial charge in [0.1, 0.15) is 22.9 Å². The molecule has 0 amide bonds. The van der Waals surface area contributed by atoms with Crippen LogP contribution < -0.4 is 9.64 Å². The molecule has 0 bridgehead atoms. The highest BCUT2D eigenvalue weighted by atomic mass is 19.1. The number of aromatic nitrogens is 2. The molecule has 0 fully saturated rings. The van der Waals surface area contributed by atoms with E-state index < -0.39 is 17.6 Å². The van der Waals surface area contributed by atoms with E-state index in [1.807, 2.05) is 24.1 Å². The molecule has 0 unspecified atom stereocenters. The van der Waals surface area contributed by atoms with Crippen molar-refractivity contribution in [3.05, 3.63) is 53.1 Å². The molecule has 0 spiro atoms. The highest BCUT2D eigenvalue weighted by Crippen LogP contribution is 2.36. The second-order valence-corrected chi connectivity index (χ2v) is 10.9. The van der Waals surface area contributed by atoms with Crippen LogP contribution in [0.1, 0.15) is 51.7 Å². The Morgan fingerprint density at radius 2 is 1.95 bits per heavy atom. The molecular formula is C28H34F2N4O4. The summed E-state index contributed by atoms with van der Waals surface area (Å²) in [5.41, 5.74) is 2.69. The van der Waals surface area contributed by atoms with Crippen LogP contribution in [0.4, 0.5) is 20.4 Å². The quantitative estimate of drug-likeness (QED) is 0.333. The number of fused-ring (bicyclic) bond motifs is 1. The van der Waals surface area contributed by atoms with Gasteiger partial charge in [-0.1, -0.05) is 26.0 Å². The molecule has 0 atom stereocenters. The maximum absolute atomic E-state index is 14.7. The Hall–Kier alpha value is -3.53. The van der Waals surface area contributed by atoms with E-state index in [1.54, 1.807) is 13.8 Å². The molecular weight excluding hydrogens is 494 g/mol. The van der Waals surface area contributed by atoms with Crippen LogP contribution in [-0.2, 0) is 17.8 Å². The van der Waals surface area contributed by atoms with E-state index in [0.717, 1.165) is 48.5 Å². The number of hydrogen-bond donors (Lipinski definition) is 1. The first-order valence-electron chi connectivity index (χ1n) is 12.7. The summed E-state index contributed by atoms with van der Waals surface area (Å²) in [6.45, 7) is 9.82. The molecule has 0 saturated heterocycles. The smallest absolute Gasteiger partial charge is 0.303 e. The van der Waals surface area contributed by atoms with Crippen LogP contribution >= 0.6 is 0 Å². The molecule has 1 aliphatic heterocycles. The van der Waals surface area contributed by atoms with Gasteiger partial charge in [0.15, 0.2) is 0 Å². The molecule has 2 aromatic carbocycles. The number of rotatable bonds is 11. The first kappa shape index (κ1) is 27.5. The lowest BCUT2D eigenvalue weighted by Gasteiger charge is -2.30. The molecule has 0 radical (unpaired) electrons. The second kappa shape index (κ2) is 11.1. The van der Waals surface area contributed by atoms with Crippen LogP contribution in [0.25, 0.3) is 11.5 Å². The fourth-order valence-electron chi connectivity index (χ4n) is 4.91. The van der Waals surface area contributed by atoms with Crippen molar-refractivity contribution in [2.75, 3.05) is 25.0 Å². The van der Waals surface area contributed by atoms with Gasteiger partial charge in [-0.3, -0.25) is 4.79 Å². The van der Waals surface area contributed by atoms with Crippen LogP contribution in [0.15, 0.2) is 34.9 Å². The molecule has 2 heterocycles. The number of halogens is 2. The maximum atomic E-state index is 14.7. The zero-order valence-electron chi connectivity index (χ0n) is 22.4. The highest BCUT2D eigenvalue weighted by molar-refractivity contribution is 5.68. The summed E-state index contributed by atoms with van der Waals surface area (Å²) in [7, 11) is 2.03. The third kappa shape index (κ3) is 6.48. The number of ether oxygens (including phenoxy) is 1. The normalized spacial score (nSPS) is 13.4. The molecule has 1 N–H and O–H groups in total. The van der Waals surface area contributed by atoms with E-state index in [1.165, 1.54) is 0 Å². The Balaban J connectivity index is 1.46. The van der Waals surface area contributed by atoms with E-state index in [2.05, 4.69) is 35.0 Å². The van der Waals surface area contributed by atoms with Gasteiger partial charge in [-0.15, -0.1) is 0 Å². The van der Waals surface area contributed by atoms with Crippen molar-refractivity contribution in [2.45, 2.75) is 59.6 Å². The lowest BCUT2D eigenvalue weighted by atomic mass is 9.87. The number of aliphatic carboxylic acids is 1. The Morgan fingerprint density at radius 1 is 1.24 bits per heavy atom. The van der Waals surface area contributed by atoms with Crippen LogP contribution in [0.5, 0.6) is 5.75 Å². The zero-order valence-corrected chi connectivity index (χ0v) is 22.4. The van der Waals surface area contributed by atoms with Gasteiger partial charge in [0, 0.05) is 43.9 Å². The van der Waals surface area contributed by atoms with E-state index in [9.17, 15) is 13.6 Å². The van der Waals surface area contributed by atoms with Crippen molar-refractivity contribution in [2.24, 2.45) is 5.41 Å². The van der Waals surface area contributed by atoms with Gasteiger partial charge in [0.25, 0.3) is 11.8 Å². The standard InChI is InChI=1S/C28H34F2N4O4/c1-17(2)37-20-13-21(29)25(22(30)14-20)26-31-27(32-38-26)34-11-9-19-12-18(6-7-23(19)34)15-33(5)16-28(3,4)10-8-24(35)36/h6-7,12-14,17H,8-11,15-16H2,1-5H3,(H,35,36). The number of carboxylic acid groups (broad SMARTS) is 1. The molecule has 1 aliphatic rings. The second-order valence-electron chi connectivity index (χ2n) is 10.9. The monoisotopic (exact) mass is 528 g/mol. The third-order valence-corrected chi connectivity index (χ3v) is 6.46. The van der Waals surface area contributed by atoms with Gasteiger partial charge in [0.05, 0.1) is 6.10 Å². The average Bonchev–Trinajstić information content (AvgIpc) is 3.43. The molecule has 10 heteroatoms. The summed E-state index contributed by atoms with van der Waals surface area (Å²) in [5, 5.41) is 13.0. The lowest BCUT2D eigenvalue weighted by Crippen LogP contribution is -2.31. The highest BCUT2D eigenvalue weighted by Gasteiger charge is 2.28. The van der Waals surface area contributed by atoms with E-state index in [-0.39, 0.29) is 41.1 Å². The minimum Gasteiger partial charge on any atom is -0.491 e. The molecule has 204 valence electrons. The van der Waals surface area contributed by atoms with Crippen molar-refractivity contribution >= 4 is 17.6 Å². The van der Waals surface area contributed by atoms with E-state index in [4.69, 9.17) is 14.4 Å². The molecule has 0 saturated carbocycles. The Bertz CT molecular complexity index is 1280. The van der Waals surface area contributed by atoms with Crippen LogP contribution in [0, 0.1) is 17.0 Å². The van der Waals surface area contributed by atoms with Crippen LogP contribution in [-0.4, -0.2) is 52.4 Å². The summed E-state index contributed by atoms with van der Waals surface area (Å²) < 4.78 is 40.1. The Labute approximate surface area is 221 Å². The number of hydrogen-bond acceptors (Lipinski definition) is 7. The number of carboxylic acids is 1. The van der Waals surface area contributed by atoms with Crippen molar-refractivity contribution in [3.63, 3.8) is 0 Å². The van der Waals surface area contributed by atoms with Gasteiger partial charge in [-0.25, -0.2) is 8.78 Å². The number of benzene rings is 2. The van der Waals surface area contributed by atoms with Crippen molar-refractivity contribution < 1.29 is 27.9 Å². The van der Waals surface area contributed by atoms with Gasteiger partial charge in [-0.2, -0.15) is 4.98 Å². The molecule has 8 nitrogen and oxygen atoms in total. The summed E-state index contributed by atoms with van der Waals surface area (Å²) in [4.78, 5) is 19.3. The minimum atomic E-state index is -0.836. The number of carbonyl (C=O) groups is 1. The predicted octanol–water partition coefficient (Wildman–Crippen LogP) is 5.82. The van der Waals surface area contributed by atoms with E-state index >= 15 is 0 Å². The van der Waals surface area contributed by atoms with Crippen molar-refractivity contribution in [3.8, 4) is 17.2 Å². The lowest BCUT2D eigenvalue weighted by molar-refractivity contribution is -0.137. The minimum absolute atomic E-state index is 0.0947. The van der Waals surface area contributed by atoms with Gasteiger partial charge in [-0.05, 0) is 61.5 Å². The summed E-state index contributed by atoms with van der Waals surface area (Å²) >= 11 is 0. The SMILES string of the molecule is CC(C)Oc1cc(F)c(-c2nc(N3CCc4cc(CN(C)CC(C)(C)CCC(=O)O)ccc43)no2)c(F)c1. The predicted molar refractivity (Wildman–Crippen MR) is 140 cm³/mol. The zero-order chi connectivity index (χ0) is 27.6. The third-order valence-electron chi connectivity index (χ3n) is 6.46. The summed E-state index contributed by atoms with van der Waals surface area (Å²) in [6, 6.07) is 8.39. The van der Waals surface area contributed by atoms with Crippen LogP contribution in [0.2, 0.25) is 0 Å². The summed E-state index contributed by atoms with van der Waals surface area (Å²) in [5.74, 6) is -2.34. The van der Waals surface area contributed by atoms with Crippen molar-refractivity contribution in [1.82, 2.24) is 15.0 Å². The fraction of sp³-hybridized carbons (Fsp3) is 0.464. The Kier molecular flexibility index (Phi) is 8.01. The maximum Gasteiger partial charge on any atom is 0.303 e. The fourth-order valence-corrected chi connectivity index (χ4v) is 4.91. The average molecular weight is 529 g/mol. The molecule has 4 rings (SSSR count). The molecule has 3 aromatic rings. The first-order chi connectivity index (χ1) is 17.9. The summed E-state index contributed by atoms with van der Waals surface area (Å²) in [6.07, 6.45) is 1.32. The molecule has 1 aromatic heterocycles. The van der Waals surface area contributed by atoms with E-state index in [0.29, 0.717) is 13.0 Å².